The Labute approximate surface area is 193 Å². The lowest BCUT2D eigenvalue weighted by Gasteiger charge is -2.27. The van der Waals surface area contributed by atoms with Gasteiger partial charge in [-0.15, -0.1) is 0 Å². The number of amides is 1. The molecule has 0 atom stereocenters. The molecule has 10 nitrogen and oxygen atoms in total. The number of aryl methyl sites for hydroxylation is 2. The summed E-state index contributed by atoms with van der Waals surface area (Å²) in [6, 6.07) is 4.07. The van der Waals surface area contributed by atoms with Crippen molar-refractivity contribution in [2.45, 2.75) is 27.2 Å². The number of nitrogens with zero attached hydrogens (tertiary/aromatic N) is 5. The molecule has 2 aliphatic heterocycles. The summed E-state index contributed by atoms with van der Waals surface area (Å²) in [6.45, 7) is 9.61. The first-order valence-electron chi connectivity index (χ1n) is 11.2. The zero-order valence-corrected chi connectivity index (χ0v) is 19.3. The summed E-state index contributed by atoms with van der Waals surface area (Å²) in [6.07, 6.45) is 2.10. The van der Waals surface area contributed by atoms with E-state index in [0.717, 1.165) is 42.0 Å². The van der Waals surface area contributed by atoms with Gasteiger partial charge in [0.2, 0.25) is 5.88 Å². The van der Waals surface area contributed by atoms with Gasteiger partial charge < -0.3 is 25.0 Å². The van der Waals surface area contributed by atoms with Crippen LogP contribution in [0.15, 0.2) is 18.5 Å². The van der Waals surface area contributed by atoms with Crippen LogP contribution in [0, 0.1) is 6.92 Å². The number of benzene rings is 1. The fourth-order valence-electron chi connectivity index (χ4n) is 4.46. The topological polar surface area (TPSA) is 114 Å². The highest BCUT2D eigenvalue weighted by molar-refractivity contribution is 6.10. The summed E-state index contributed by atoms with van der Waals surface area (Å²) in [5.74, 6) is -0.137. The molecule has 2 aromatic rings. The van der Waals surface area contributed by atoms with Crippen molar-refractivity contribution in [3.63, 3.8) is 0 Å². The number of rotatable bonds is 6. The van der Waals surface area contributed by atoms with Gasteiger partial charge in [0, 0.05) is 24.5 Å². The zero-order chi connectivity index (χ0) is 23.5. The SMILES string of the molecule is CCOC(=O)CN1CCN(c2c(C)cc(N3CCOc4ncnc(N)c4C3=O)cc2CC)C1. The minimum atomic E-state index is -0.267. The van der Waals surface area contributed by atoms with Gasteiger partial charge in [0.25, 0.3) is 5.91 Å². The second-order valence-corrected chi connectivity index (χ2v) is 8.13. The number of hydrogen-bond acceptors (Lipinski definition) is 9. The third kappa shape index (κ3) is 4.56. The summed E-state index contributed by atoms with van der Waals surface area (Å²) < 4.78 is 10.7. The van der Waals surface area contributed by atoms with E-state index in [2.05, 4.69) is 39.7 Å². The molecule has 1 amide bonds. The molecule has 2 N–H and O–H groups in total. The molecule has 10 heteroatoms. The monoisotopic (exact) mass is 454 g/mol. The Morgan fingerprint density at radius 3 is 2.79 bits per heavy atom. The van der Waals surface area contributed by atoms with Gasteiger partial charge in [-0.3, -0.25) is 14.5 Å². The van der Waals surface area contributed by atoms with Crippen LogP contribution in [-0.4, -0.2) is 72.8 Å². The van der Waals surface area contributed by atoms with Crippen LogP contribution in [0.5, 0.6) is 5.88 Å². The van der Waals surface area contributed by atoms with Crippen LogP contribution in [0.4, 0.5) is 17.2 Å². The van der Waals surface area contributed by atoms with Crippen LogP contribution in [0.3, 0.4) is 0 Å². The Morgan fingerprint density at radius 2 is 2.03 bits per heavy atom. The third-order valence-corrected chi connectivity index (χ3v) is 5.94. The van der Waals surface area contributed by atoms with E-state index in [-0.39, 0.29) is 35.7 Å². The van der Waals surface area contributed by atoms with Gasteiger partial charge >= 0.3 is 5.97 Å². The molecule has 1 aromatic heterocycles. The molecule has 1 aromatic carbocycles. The van der Waals surface area contributed by atoms with E-state index in [1.165, 1.54) is 6.33 Å². The van der Waals surface area contributed by atoms with Crippen molar-refractivity contribution >= 4 is 29.1 Å². The van der Waals surface area contributed by atoms with Crippen molar-refractivity contribution in [2.75, 3.05) is 61.6 Å². The summed E-state index contributed by atoms with van der Waals surface area (Å²) in [5.41, 5.74) is 10.3. The number of ether oxygens (including phenoxy) is 2. The summed E-state index contributed by atoms with van der Waals surface area (Å²) in [5, 5.41) is 0. The number of nitrogen functional groups attached to an aromatic ring is 1. The van der Waals surface area contributed by atoms with Gasteiger partial charge in [-0.2, -0.15) is 0 Å². The number of fused-ring (bicyclic) bond motifs is 1. The lowest BCUT2D eigenvalue weighted by atomic mass is 10.0. The van der Waals surface area contributed by atoms with Crippen LogP contribution >= 0.6 is 0 Å². The van der Waals surface area contributed by atoms with E-state index >= 15 is 0 Å². The minimum absolute atomic E-state index is 0.111. The van der Waals surface area contributed by atoms with Gasteiger partial charge in [0.15, 0.2) is 0 Å². The third-order valence-electron chi connectivity index (χ3n) is 5.94. The fraction of sp³-hybridized carbons (Fsp3) is 0.478. The van der Waals surface area contributed by atoms with E-state index in [0.29, 0.717) is 26.4 Å². The maximum atomic E-state index is 13.3. The number of hydrogen-bond donors (Lipinski definition) is 1. The van der Waals surface area contributed by atoms with Crippen molar-refractivity contribution in [3.8, 4) is 5.88 Å². The van der Waals surface area contributed by atoms with Crippen molar-refractivity contribution in [1.82, 2.24) is 14.9 Å². The maximum Gasteiger partial charge on any atom is 0.320 e. The molecular weight excluding hydrogens is 424 g/mol. The molecule has 1 saturated heterocycles. The first kappa shape index (κ1) is 22.8. The molecule has 33 heavy (non-hydrogen) atoms. The predicted octanol–water partition coefficient (Wildman–Crippen LogP) is 1.61. The van der Waals surface area contributed by atoms with Crippen molar-refractivity contribution in [2.24, 2.45) is 0 Å². The number of carbonyl (C=O) groups excluding carboxylic acids is 2. The maximum absolute atomic E-state index is 13.3. The highest BCUT2D eigenvalue weighted by atomic mass is 16.5. The fourth-order valence-corrected chi connectivity index (χ4v) is 4.46. The molecule has 0 saturated carbocycles. The van der Waals surface area contributed by atoms with Crippen molar-refractivity contribution < 1.29 is 19.1 Å². The average molecular weight is 455 g/mol. The van der Waals surface area contributed by atoms with Gasteiger partial charge in [-0.1, -0.05) is 6.92 Å². The summed E-state index contributed by atoms with van der Waals surface area (Å²) in [4.78, 5) is 39.3. The molecule has 0 radical (unpaired) electrons. The van der Waals surface area contributed by atoms with Gasteiger partial charge in [-0.25, -0.2) is 9.97 Å². The largest absolute Gasteiger partial charge is 0.475 e. The number of anilines is 3. The van der Waals surface area contributed by atoms with E-state index < -0.39 is 0 Å². The Morgan fingerprint density at radius 1 is 1.21 bits per heavy atom. The van der Waals surface area contributed by atoms with Crippen molar-refractivity contribution in [1.29, 1.82) is 0 Å². The van der Waals surface area contributed by atoms with Crippen LogP contribution in [-0.2, 0) is 16.0 Å². The van der Waals surface area contributed by atoms with Crippen LogP contribution in [0.1, 0.15) is 35.3 Å². The second-order valence-electron chi connectivity index (χ2n) is 8.13. The number of nitrogens with two attached hydrogens (primary N) is 1. The quantitative estimate of drug-likeness (QED) is 0.650. The van der Waals surface area contributed by atoms with E-state index in [1.807, 2.05) is 13.0 Å². The normalized spacial score (nSPS) is 16.4. The molecule has 3 heterocycles. The lowest BCUT2D eigenvalue weighted by molar-refractivity contribution is -0.144. The van der Waals surface area contributed by atoms with Crippen molar-refractivity contribution in [3.05, 3.63) is 35.2 Å². The number of esters is 1. The van der Waals surface area contributed by atoms with Gasteiger partial charge in [0.05, 0.1) is 26.4 Å². The van der Waals surface area contributed by atoms with Gasteiger partial charge in [-0.05, 0) is 43.5 Å². The molecule has 0 unspecified atom stereocenters. The molecule has 2 aliphatic rings. The smallest absolute Gasteiger partial charge is 0.320 e. The zero-order valence-electron chi connectivity index (χ0n) is 19.3. The molecular formula is C23H30N6O4. The van der Waals surface area contributed by atoms with E-state index in [4.69, 9.17) is 15.2 Å². The average Bonchev–Trinajstić information content (AvgIpc) is 3.15. The Bertz CT molecular complexity index is 1060. The molecule has 0 spiro atoms. The first-order valence-corrected chi connectivity index (χ1v) is 11.2. The van der Waals surface area contributed by atoms with Crippen LogP contribution in [0.25, 0.3) is 0 Å². The highest BCUT2D eigenvalue weighted by Gasteiger charge is 2.30. The number of carbonyl (C=O) groups is 2. The lowest BCUT2D eigenvalue weighted by Crippen LogP contribution is -2.33. The second kappa shape index (κ2) is 9.62. The predicted molar refractivity (Wildman–Crippen MR) is 125 cm³/mol. The summed E-state index contributed by atoms with van der Waals surface area (Å²) in [7, 11) is 0. The number of aromatic nitrogens is 2. The van der Waals surface area contributed by atoms with Crippen LogP contribution < -0.4 is 20.3 Å². The molecule has 1 fully saturated rings. The minimum Gasteiger partial charge on any atom is -0.475 e. The standard InChI is InChI=1S/C23H30N6O4/c1-4-16-11-17(29-8-9-33-22-19(23(29)31)21(24)25-13-26-22)10-15(3)20(16)28-7-6-27(14-28)12-18(30)32-5-2/h10-11,13H,4-9,12,14H2,1-3H3,(H2,24,25,26). The Hall–Kier alpha value is -3.40. The van der Waals surface area contributed by atoms with E-state index in [9.17, 15) is 9.59 Å². The first-order chi connectivity index (χ1) is 15.9. The highest BCUT2D eigenvalue weighted by Crippen LogP contribution is 2.34. The van der Waals surface area contributed by atoms with Crippen LogP contribution in [0.2, 0.25) is 0 Å². The Kier molecular flexibility index (Phi) is 6.64. The molecule has 176 valence electrons. The Balaban J connectivity index is 1.60. The molecule has 0 aliphatic carbocycles. The molecule has 0 bridgehead atoms. The van der Waals surface area contributed by atoms with E-state index in [1.54, 1.807) is 4.90 Å². The summed E-state index contributed by atoms with van der Waals surface area (Å²) >= 11 is 0. The molecule has 4 rings (SSSR count). The van der Waals surface area contributed by atoms with Gasteiger partial charge in [0.1, 0.15) is 24.3 Å².